The molecule has 4 nitrogen and oxygen atoms in total. The van der Waals surface area contributed by atoms with Crippen molar-refractivity contribution in [1.29, 1.82) is 5.26 Å². The van der Waals surface area contributed by atoms with Crippen LogP contribution < -0.4 is 9.47 Å². The second-order valence-corrected chi connectivity index (χ2v) is 3.14. The Hall–Kier alpha value is -1.97. The molecule has 0 saturated carbocycles. The minimum atomic E-state index is -4.81. The molecule has 0 radical (unpaired) electrons. The average molecular weight is 246 g/mol. The number of hydrogen-bond acceptors (Lipinski definition) is 4. The Morgan fingerprint density at radius 2 is 2.12 bits per heavy atom. The highest BCUT2D eigenvalue weighted by Gasteiger charge is 2.33. The summed E-state index contributed by atoms with van der Waals surface area (Å²) in [7, 11) is 1.18. The zero-order valence-electron chi connectivity index (χ0n) is 9.13. The Balaban J connectivity index is 3.15. The smallest absolute Gasteiger partial charge is 0.478 e. The molecule has 0 unspecified atom stereocenters. The molecule has 1 aromatic heterocycles. The predicted octanol–water partition coefficient (Wildman–Crippen LogP) is 2.36. The van der Waals surface area contributed by atoms with Crippen molar-refractivity contribution in [2.45, 2.75) is 19.7 Å². The van der Waals surface area contributed by atoms with Crippen LogP contribution in [-0.2, 0) is 6.42 Å². The summed E-state index contributed by atoms with van der Waals surface area (Å²) in [5, 5.41) is 8.52. The van der Waals surface area contributed by atoms with Crippen LogP contribution in [0, 0.1) is 18.3 Å². The van der Waals surface area contributed by atoms with Crippen molar-refractivity contribution in [1.82, 2.24) is 4.98 Å². The zero-order chi connectivity index (χ0) is 13.1. The van der Waals surface area contributed by atoms with Crippen LogP contribution in [-0.4, -0.2) is 18.5 Å². The third kappa shape index (κ3) is 3.52. The lowest BCUT2D eigenvalue weighted by atomic mass is 10.1. The number of aromatic nitrogens is 1. The summed E-state index contributed by atoms with van der Waals surface area (Å²) in [6.45, 7) is 1.54. The molecule has 1 aromatic rings. The first kappa shape index (κ1) is 13.1. The van der Waals surface area contributed by atoms with E-state index >= 15 is 0 Å². The average Bonchev–Trinajstić information content (AvgIpc) is 2.20. The summed E-state index contributed by atoms with van der Waals surface area (Å²) >= 11 is 0. The van der Waals surface area contributed by atoms with Gasteiger partial charge in [0.05, 0.1) is 25.3 Å². The van der Waals surface area contributed by atoms with E-state index in [0.717, 1.165) is 6.07 Å². The predicted molar refractivity (Wildman–Crippen MR) is 51.5 cm³/mol. The molecule has 0 N–H and O–H groups in total. The van der Waals surface area contributed by atoms with Gasteiger partial charge in [-0.05, 0) is 18.6 Å². The van der Waals surface area contributed by atoms with Gasteiger partial charge >= 0.3 is 6.36 Å². The zero-order valence-corrected chi connectivity index (χ0v) is 9.13. The third-order valence-corrected chi connectivity index (χ3v) is 1.92. The minimum absolute atomic E-state index is 0.00547. The lowest BCUT2D eigenvalue weighted by molar-refractivity contribution is -0.275. The first-order valence-electron chi connectivity index (χ1n) is 4.54. The molecule has 1 heterocycles. The van der Waals surface area contributed by atoms with Crippen molar-refractivity contribution >= 4 is 0 Å². The maximum Gasteiger partial charge on any atom is 0.573 e. The number of aryl methyl sites for hydroxylation is 1. The Bertz CT molecular complexity index is 452. The molecule has 92 valence electrons. The number of nitrogens with zero attached hydrogens (tertiary/aromatic N) is 2. The van der Waals surface area contributed by atoms with Crippen LogP contribution in [0.25, 0.3) is 0 Å². The highest BCUT2D eigenvalue weighted by atomic mass is 19.4. The summed E-state index contributed by atoms with van der Waals surface area (Å²) in [5.74, 6) is -0.808. The molecule has 0 aliphatic rings. The Kier molecular flexibility index (Phi) is 3.78. The van der Waals surface area contributed by atoms with Gasteiger partial charge in [0.15, 0.2) is 5.75 Å². The maximum absolute atomic E-state index is 12.1. The van der Waals surface area contributed by atoms with E-state index in [9.17, 15) is 13.2 Å². The SMILES string of the molecule is COc1nc(CC#N)c(C)cc1OC(F)(F)F. The molecule has 0 aliphatic carbocycles. The van der Waals surface area contributed by atoms with E-state index in [1.807, 2.05) is 6.07 Å². The number of rotatable bonds is 3. The second kappa shape index (κ2) is 4.91. The number of nitriles is 1. The van der Waals surface area contributed by atoms with E-state index in [-0.39, 0.29) is 12.3 Å². The van der Waals surface area contributed by atoms with Crippen LogP contribution in [0.15, 0.2) is 6.07 Å². The summed E-state index contributed by atoms with van der Waals surface area (Å²) in [6.07, 6.45) is -4.81. The van der Waals surface area contributed by atoms with Crippen molar-refractivity contribution in [2.24, 2.45) is 0 Å². The second-order valence-electron chi connectivity index (χ2n) is 3.14. The summed E-state index contributed by atoms with van der Waals surface area (Å²) in [4.78, 5) is 3.79. The van der Waals surface area contributed by atoms with Crippen molar-refractivity contribution < 1.29 is 22.6 Å². The van der Waals surface area contributed by atoms with Gasteiger partial charge in [-0.25, -0.2) is 4.98 Å². The summed E-state index contributed by atoms with van der Waals surface area (Å²) < 4.78 is 44.7. The van der Waals surface area contributed by atoms with Crippen LogP contribution in [0.1, 0.15) is 11.3 Å². The largest absolute Gasteiger partial charge is 0.573 e. The topological polar surface area (TPSA) is 55.1 Å². The molecule has 0 aliphatic heterocycles. The van der Waals surface area contributed by atoms with Crippen LogP contribution in [0.2, 0.25) is 0 Å². The molecule has 17 heavy (non-hydrogen) atoms. The number of pyridine rings is 1. The molecule has 0 amide bonds. The number of alkyl halides is 3. The van der Waals surface area contributed by atoms with Crippen molar-refractivity contribution in [3.05, 3.63) is 17.3 Å². The third-order valence-electron chi connectivity index (χ3n) is 1.92. The van der Waals surface area contributed by atoms with Crippen molar-refractivity contribution in [3.63, 3.8) is 0 Å². The molecule has 0 atom stereocenters. The van der Waals surface area contributed by atoms with E-state index in [1.54, 1.807) is 6.92 Å². The first-order valence-corrected chi connectivity index (χ1v) is 4.54. The summed E-state index contributed by atoms with van der Waals surface area (Å²) in [6, 6.07) is 3.01. The molecular weight excluding hydrogens is 237 g/mol. The van der Waals surface area contributed by atoms with Gasteiger partial charge in [0, 0.05) is 0 Å². The van der Waals surface area contributed by atoms with Gasteiger partial charge < -0.3 is 9.47 Å². The number of methoxy groups -OCH3 is 1. The number of hydrogen-bond donors (Lipinski definition) is 0. The lowest BCUT2D eigenvalue weighted by Gasteiger charge is -2.13. The molecule has 1 rings (SSSR count). The Morgan fingerprint density at radius 1 is 1.47 bits per heavy atom. The van der Waals surface area contributed by atoms with E-state index in [2.05, 4.69) is 14.5 Å². The quantitative estimate of drug-likeness (QED) is 0.821. The molecular formula is C10H9F3N2O2. The first-order chi connectivity index (χ1) is 7.87. The fourth-order valence-corrected chi connectivity index (χ4v) is 1.21. The molecule has 7 heteroatoms. The molecule has 0 spiro atoms. The maximum atomic E-state index is 12.1. The van der Waals surface area contributed by atoms with Gasteiger partial charge in [-0.3, -0.25) is 0 Å². The van der Waals surface area contributed by atoms with Crippen LogP contribution >= 0.6 is 0 Å². The number of ether oxygens (including phenoxy) is 2. The fraction of sp³-hybridized carbons (Fsp3) is 0.400. The van der Waals surface area contributed by atoms with E-state index in [1.165, 1.54) is 7.11 Å². The Morgan fingerprint density at radius 3 is 2.59 bits per heavy atom. The molecule has 0 bridgehead atoms. The van der Waals surface area contributed by atoms with Gasteiger partial charge in [0.1, 0.15) is 0 Å². The normalized spacial score (nSPS) is 10.8. The highest BCUT2D eigenvalue weighted by molar-refractivity contribution is 5.40. The van der Waals surface area contributed by atoms with Gasteiger partial charge in [-0.1, -0.05) is 0 Å². The summed E-state index contributed by atoms with van der Waals surface area (Å²) in [5.41, 5.74) is 0.797. The lowest BCUT2D eigenvalue weighted by Crippen LogP contribution is -2.18. The fourth-order valence-electron chi connectivity index (χ4n) is 1.21. The van der Waals surface area contributed by atoms with Crippen LogP contribution in [0.5, 0.6) is 11.6 Å². The van der Waals surface area contributed by atoms with Crippen molar-refractivity contribution in [2.75, 3.05) is 7.11 Å². The van der Waals surface area contributed by atoms with Gasteiger partial charge in [0.25, 0.3) is 5.88 Å². The monoisotopic (exact) mass is 246 g/mol. The molecule has 0 aromatic carbocycles. The van der Waals surface area contributed by atoms with Crippen LogP contribution in [0.4, 0.5) is 13.2 Å². The van der Waals surface area contributed by atoms with Gasteiger partial charge in [-0.15, -0.1) is 13.2 Å². The van der Waals surface area contributed by atoms with E-state index < -0.39 is 12.1 Å². The van der Waals surface area contributed by atoms with Gasteiger partial charge in [-0.2, -0.15) is 5.26 Å². The molecule has 0 fully saturated rings. The van der Waals surface area contributed by atoms with E-state index in [0.29, 0.717) is 11.3 Å². The van der Waals surface area contributed by atoms with Gasteiger partial charge in [0.2, 0.25) is 0 Å². The molecule has 0 saturated heterocycles. The van der Waals surface area contributed by atoms with E-state index in [4.69, 9.17) is 5.26 Å². The highest BCUT2D eigenvalue weighted by Crippen LogP contribution is 2.32. The standard InChI is InChI=1S/C10H9F3N2O2/c1-6-5-8(17-10(11,12)13)9(16-2)15-7(6)3-4-14/h5H,3H2,1-2H3. The minimum Gasteiger partial charge on any atom is -0.478 e. The Labute approximate surface area is 95.6 Å². The van der Waals surface area contributed by atoms with Crippen molar-refractivity contribution in [3.8, 4) is 17.7 Å². The van der Waals surface area contributed by atoms with Crippen LogP contribution in [0.3, 0.4) is 0 Å². The number of halogens is 3.